The van der Waals surface area contributed by atoms with Gasteiger partial charge < -0.3 is 4.74 Å². The van der Waals surface area contributed by atoms with Crippen molar-refractivity contribution >= 4 is 33.3 Å². The Labute approximate surface area is 163 Å². The molecule has 0 aliphatic rings. The molecule has 4 nitrogen and oxygen atoms in total. The molecular weight excluding hydrogens is 358 g/mol. The third-order valence-corrected chi connectivity index (χ3v) is 4.93. The summed E-state index contributed by atoms with van der Waals surface area (Å²) >= 11 is 1.53. The first kappa shape index (κ1) is 19.2. The van der Waals surface area contributed by atoms with E-state index in [9.17, 15) is 9.59 Å². The Kier molecular flexibility index (Phi) is 5.71. The van der Waals surface area contributed by atoms with Crippen molar-refractivity contribution in [2.45, 2.75) is 45.6 Å². The van der Waals surface area contributed by atoms with Crippen molar-refractivity contribution in [3.8, 4) is 11.1 Å². The minimum atomic E-state index is -0.524. The molecule has 2 aromatic carbocycles. The molecule has 3 rings (SSSR count). The lowest BCUT2D eigenvalue weighted by molar-refractivity contribution is -0.155. The highest BCUT2D eigenvalue weighted by Gasteiger charge is 2.18. The number of ketones is 1. The van der Waals surface area contributed by atoms with E-state index in [0.717, 1.165) is 26.4 Å². The molecule has 0 bridgehead atoms. The number of carbonyl (C=O) groups excluding carboxylic acids is 2. The number of hydrogen-bond acceptors (Lipinski definition) is 5. The normalized spacial score (nSPS) is 11.5. The van der Waals surface area contributed by atoms with Gasteiger partial charge in [-0.1, -0.05) is 36.4 Å². The summed E-state index contributed by atoms with van der Waals surface area (Å²) in [7, 11) is 0. The van der Waals surface area contributed by atoms with Crippen LogP contribution in [0.15, 0.2) is 48.5 Å². The van der Waals surface area contributed by atoms with Crippen molar-refractivity contribution in [3.05, 3.63) is 53.5 Å². The Morgan fingerprint density at radius 1 is 1.00 bits per heavy atom. The second kappa shape index (κ2) is 8.01. The van der Waals surface area contributed by atoms with Crippen LogP contribution in [0.2, 0.25) is 0 Å². The van der Waals surface area contributed by atoms with E-state index < -0.39 is 5.60 Å². The highest BCUT2D eigenvalue weighted by molar-refractivity contribution is 7.18. The van der Waals surface area contributed by atoms with Crippen molar-refractivity contribution in [3.63, 3.8) is 0 Å². The zero-order chi connectivity index (χ0) is 19.4. The second-order valence-electron chi connectivity index (χ2n) is 7.46. The number of aromatic nitrogens is 1. The van der Waals surface area contributed by atoms with Crippen molar-refractivity contribution in [1.82, 2.24) is 4.98 Å². The lowest BCUT2D eigenvalue weighted by Crippen LogP contribution is -2.24. The van der Waals surface area contributed by atoms with E-state index in [4.69, 9.17) is 4.74 Å². The van der Waals surface area contributed by atoms with Crippen molar-refractivity contribution < 1.29 is 14.3 Å². The number of Topliss-reactive ketones (excluding diaryl/α,β-unsaturated/α-hetero) is 1. The number of nitrogens with zero attached hydrogens (tertiary/aromatic N) is 1. The molecule has 0 amide bonds. The van der Waals surface area contributed by atoms with Crippen LogP contribution in [0.5, 0.6) is 0 Å². The predicted molar refractivity (Wildman–Crippen MR) is 109 cm³/mol. The minimum absolute atomic E-state index is 0.00296. The summed E-state index contributed by atoms with van der Waals surface area (Å²) in [6.45, 7) is 5.45. The number of esters is 1. The van der Waals surface area contributed by atoms with E-state index in [1.807, 2.05) is 51.1 Å². The first-order valence-electron chi connectivity index (χ1n) is 8.98. The molecule has 140 valence electrons. The summed E-state index contributed by atoms with van der Waals surface area (Å²) in [5, 5.41) is 0.782. The summed E-state index contributed by atoms with van der Waals surface area (Å²) in [5.74, 6) is -0.337. The zero-order valence-corrected chi connectivity index (χ0v) is 16.6. The molecule has 0 saturated heterocycles. The van der Waals surface area contributed by atoms with Gasteiger partial charge in [0.15, 0.2) is 0 Å². The topological polar surface area (TPSA) is 56.3 Å². The van der Waals surface area contributed by atoms with Gasteiger partial charge in [0, 0.05) is 6.42 Å². The monoisotopic (exact) mass is 381 g/mol. The van der Waals surface area contributed by atoms with Gasteiger partial charge in [-0.15, -0.1) is 11.3 Å². The van der Waals surface area contributed by atoms with Crippen LogP contribution in [0.25, 0.3) is 21.3 Å². The number of benzene rings is 2. The third-order valence-electron chi connectivity index (χ3n) is 3.92. The molecule has 3 aromatic rings. The average Bonchev–Trinajstić information content (AvgIpc) is 3.00. The van der Waals surface area contributed by atoms with Crippen LogP contribution in [0.3, 0.4) is 0 Å². The molecule has 0 aliphatic carbocycles. The van der Waals surface area contributed by atoms with Gasteiger partial charge >= 0.3 is 5.97 Å². The molecule has 0 fully saturated rings. The summed E-state index contributed by atoms with van der Waals surface area (Å²) in [6, 6.07) is 16.3. The van der Waals surface area contributed by atoms with Gasteiger partial charge in [0.05, 0.1) is 23.1 Å². The molecule has 1 heterocycles. The van der Waals surface area contributed by atoms with Gasteiger partial charge in [-0.2, -0.15) is 0 Å². The predicted octanol–water partition coefficient (Wildman–Crippen LogP) is 5.20. The summed E-state index contributed by atoms with van der Waals surface area (Å²) in [6.07, 6.45) is 0.544. The molecule has 0 aliphatic heterocycles. The average molecular weight is 381 g/mol. The minimum Gasteiger partial charge on any atom is -0.460 e. The van der Waals surface area contributed by atoms with Crippen LogP contribution in [0.1, 0.15) is 38.6 Å². The molecule has 0 radical (unpaired) electrons. The zero-order valence-electron chi connectivity index (χ0n) is 15.8. The molecule has 0 saturated carbocycles. The van der Waals surface area contributed by atoms with Crippen molar-refractivity contribution in [2.75, 3.05) is 0 Å². The van der Waals surface area contributed by atoms with Crippen LogP contribution < -0.4 is 0 Å². The van der Waals surface area contributed by atoms with Gasteiger partial charge in [0.25, 0.3) is 0 Å². The summed E-state index contributed by atoms with van der Waals surface area (Å²) in [4.78, 5) is 28.5. The Hall–Kier alpha value is -2.53. The molecule has 27 heavy (non-hydrogen) atoms. The number of thiazole rings is 1. The van der Waals surface area contributed by atoms with Gasteiger partial charge in [0.2, 0.25) is 0 Å². The number of carbonyl (C=O) groups is 2. The Bertz CT molecular complexity index is 955. The molecule has 0 atom stereocenters. The lowest BCUT2D eigenvalue weighted by Gasteiger charge is -2.19. The molecule has 1 aromatic heterocycles. The largest absolute Gasteiger partial charge is 0.460 e. The molecule has 5 heteroatoms. The smallest absolute Gasteiger partial charge is 0.306 e. The maximum absolute atomic E-state index is 12.2. The molecule has 0 N–H and O–H groups in total. The number of rotatable bonds is 6. The number of fused-ring (bicyclic) bond motifs is 1. The Morgan fingerprint density at radius 3 is 2.44 bits per heavy atom. The second-order valence-corrected chi connectivity index (χ2v) is 8.57. The lowest BCUT2D eigenvalue weighted by atomic mass is 10.1. The number of ether oxygens (including phenoxy) is 1. The Balaban J connectivity index is 1.64. The van der Waals surface area contributed by atoms with E-state index in [2.05, 4.69) is 23.2 Å². The SMILES string of the molecule is CC(C)(C)OC(=O)CCC(=O)Cc1nc2ccc(-c3ccccc3)cc2s1. The van der Waals surface area contributed by atoms with E-state index in [1.165, 1.54) is 11.3 Å². The summed E-state index contributed by atoms with van der Waals surface area (Å²) < 4.78 is 6.30. The van der Waals surface area contributed by atoms with Gasteiger partial charge in [-0.3, -0.25) is 9.59 Å². The Morgan fingerprint density at radius 2 is 1.74 bits per heavy atom. The van der Waals surface area contributed by atoms with Crippen LogP contribution >= 0.6 is 11.3 Å². The fourth-order valence-electron chi connectivity index (χ4n) is 2.75. The van der Waals surface area contributed by atoms with Gasteiger partial charge in [0.1, 0.15) is 16.4 Å². The quantitative estimate of drug-likeness (QED) is 0.551. The maximum atomic E-state index is 12.2. The van der Waals surface area contributed by atoms with E-state index in [-0.39, 0.29) is 31.0 Å². The highest BCUT2D eigenvalue weighted by Crippen LogP contribution is 2.28. The summed E-state index contributed by atoms with van der Waals surface area (Å²) in [5.41, 5.74) is 2.66. The van der Waals surface area contributed by atoms with Crippen LogP contribution in [0, 0.1) is 0 Å². The van der Waals surface area contributed by atoms with Crippen LogP contribution in [0.4, 0.5) is 0 Å². The molecule has 0 spiro atoms. The van der Waals surface area contributed by atoms with E-state index in [1.54, 1.807) is 0 Å². The van der Waals surface area contributed by atoms with Crippen LogP contribution in [-0.2, 0) is 20.7 Å². The van der Waals surface area contributed by atoms with Crippen molar-refractivity contribution in [2.24, 2.45) is 0 Å². The fraction of sp³-hybridized carbons (Fsp3) is 0.318. The standard InChI is InChI=1S/C22H23NO3S/c1-22(2,3)26-21(25)12-10-17(24)14-20-23-18-11-9-16(13-19(18)27-20)15-7-5-4-6-8-15/h4-9,11,13H,10,12,14H2,1-3H3. The van der Waals surface area contributed by atoms with Gasteiger partial charge in [-0.05, 0) is 44.0 Å². The maximum Gasteiger partial charge on any atom is 0.306 e. The first-order valence-corrected chi connectivity index (χ1v) is 9.80. The van der Waals surface area contributed by atoms with Crippen molar-refractivity contribution in [1.29, 1.82) is 0 Å². The molecule has 0 unspecified atom stereocenters. The van der Waals surface area contributed by atoms with E-state index >= 15 is 0 Å². The first-order chi connectivity index (χ1) is 12.8. The third kappa shape index (κ3) is 5.47. The van der Waals surface area contributed by atoms with E-state index in [0.29, 0.717) is 0 Å². The molecular formula is C22H23NO3S. The number of hydrogen-bond donors (Lipinski definition) is 0. The van der Waals surface area contributed by atoms with Gasteiger partial charge in [-0.25, -0.2) is 4.98 Å². The van der Waals surface area contributed by atoms with Crippen LogP contribution in [-0.4, -0.2) is 22.3 Å². The highest BCUT2D eigenvalue weighted by atomic mass is 32.1. The fourth-order valence-corrected chi connectivity index (χ4v) is 3.78.